The van der Waals surface area contributed by atoms with Gasteiger partial charge in [0.2, 0.25) is 11.8 Å². The van der Waals surface area contributed by atoms with Crippen molar-refractivity contribution in [3.05, 3.63) is 35.4 Å². The van der Waals surface area contributed by atoms with Crippen LogP contribution in [0.15, 0.2) is 18.2 Å². The Labute approximate surface area is 174 Å². The Kier molecular flexibility index (Phi) is 7.86. The molecular weight excluding hydrogens is 396 g/mol. The summed E-state index contributed by atoms with van der Waals surface area (Å²) in [6.07, 6.45) is 0.411. The molecule has 30 heavy (non-hydrogen) atoms. The van der Waals surface area contributed by atoms with Crippen molar-refractivity contribution in [3.63, 3.8) is 0 Å². The zero-order valence-electron chi connectivity index (χ0n) is 17.2. The van der Waals surface area contributed by atoms with Crippen LogP contribution in [0.3, 0.4) is 0 Å². The van der Waals surface area contributed by atoms with Gasteiger partial charge in [0.25, 0.3) is 0 Å². The number of carbonyl (C=O) groups is 3. The number of carbonyl (C=O) groups excluding carboxylic acids is 3. The van der Waals surface area contributed by atoms with E-state index in [0.717, 1.165) is 11.0 Å². The number of methoxy groups -OCH3 is 1. The van der Waals surface area contributed by atoms with Crippen molar-refractivity contribution in [2.24, 2.45) is 5.92 Å². The average Bonchev–Trinajstić information content (AvgIpc) is 3.03. The second-order valence-electron chi connectivity index (χ2n) is 7.52. The van der Waals surface area contributed by atoms with Crippen molar-refractivity contribution in [2.75, 3.05) is 13.7 Å². The quantitative estimate of drug-likeness (QED) is 0.475. The first kappa shape index (κ1) is 23.3. The fraction of sp³-hybridized carbons (Fsp3) is 0.524. The van der Waals surface area contributed by atoms with Gasteiger partial charge in [0.15, 0.2) is 11.6 Å². The Morgan fingerprint density at radius 1 is 1.37 bits per heavy atom. The van der Waals surface area contributed by atoms with Crippen molar-refractivity contribution in [3.8, 4) is 6.07 Å². The molecule has 7 nitrogen and oxygen atoms in total. The molecule has 0 N–H and O–H groups in total. The number of ether oxygens (including phenoxy) is 1. The molecule has 1 aromatic carbocycles. The molecule has 1 aromatic rings. The van der Waals surface area contributed by atoms with E-state index in [1.807, 2.05) is 6.07 Å². The zero-order chi connectivity index (χ0) is 22.4. The summed E-state index contributed by atoms with van der Waals surface area (Å²) in [6.45, 7) is 2.99. The molecule has 0 aliphatic carbocycles. The van der Waals surface area contributed by atoms with E-state index in [1.54, 1.807) is 13.8 Å². The third-order valence-corrected chi connectivity index (χ3v) is 5.21. The maximum absolute atomic E-state index is 14.0. The summed E-state index contributed by atoms with van der Waals surface area (Å²) < 4.78 is 32.3. The molecule has 0 spiro atoms. The van der Waals surface area contributed by atoms with Gasteiger partial charge in [-0.25, -0.2) is 13.6 Å². The molecule has 0 aromatic heterocycles. The number of amides is 2. The Balaban J connectivity index is 2.21. The number of nitriles is 1. The van der Waals surface area contributed by atoms with Gasteiger partial charge in [0, 0.05) is 31.0 Å². The second-order valence-corrected chi connectivity index (χ2v) is 7.52. The van der Waals surface area contributed by atoms with Gasteiger partial charge < -0.3 is 14.5 Å². The predicted octanol–water partition coefficient (Wildman–Crippen LogP) is 2.40. The van der Waals surface area contributed by atoms with Crippen molar-refractivity contribution in [1.82, 2.24) is 9.80 Å². The molecule has 0 unspecified atom stereocenters. The number of hydrogen-bond acceptors (Lipinski definition) is 5. The smallest absolute Gasteiger partial charge is 0.328 e. The number of rotatable bonds is 8. The molecular formula is C21H25F2N3O4. The lowest BCUT2D eigenvalue weighted by Crippen LogP contribution is -2.50. The SMILES string of the molecule is COC(=O)[C@H](C(C)C)N(CC#N)C(=O)C[C@@H]1CCC(=O)N1Cc1cccc(F)c1F. The highest BCUT2D eigenvalue weighted by molar-refractivity contribution is 5.86. The van der Waals surface area contributed by atoms with Gasteiger partial charge >= 0.3 is 5.97 Å². The third kappa shape index (κ3) is 5.12. The fourth-order valence-electron chi connectivity index (χ4n) is 3.69. The highest BCUT2D eigenvalue weighted by atomic mass is 19.2. The monoisotopic (exact) mass is 421 g/mol. The van der Waals surface area contributed by atoms with Gasteiger partial charge in [-0.05, 0) is 18.4 Å². The van der Waals surface area contributed by atoms with Gasteiger partial charge in [-0.1, -0.05) is 26.0 Å². The number of likely N-dealkylation sites (tertiary alicyclic amines) is 1. The molecule has 2 atom stereocenters. The lowest BCUT2D eigenvalue weighted by molar-refractivity contribution is -0.155. The summed E-state index contributed by atoms with van der Waals surface area (Å²) in [5.74, 6) is -3.71. The number of halogens is 2. The molecule has 9 heteroatoms. The second kappa shape index (κ2) is 10.1. The Hall–Kier alpha value is -3.02. The van der Waals surface area contributed by atoms with Crippen LogP contribution in [0.4, 0.5) is 8.78 Å². The van der Waals surface area contributed by atoms with Crippen molar-refractivity contribution >= 4 is 17.8 Å². The van der Waals surface area contributed by atoms with Gasteiger partial charge in [-0.3, -0.25) is 9.59 Å². The van der Waals surface area contributed by atoms with E-state index >= 15 is 0 Å². The van der Waals surface area contributed by atoms with Gasteiger partial charge in [-0.2, -0.15) is 5.26 Å². The van der Waals surface area contributed by atoms with Crippen molar-refractivity contribution < 1.29 is 27.9 Å². The Bertz CT molecular complexity index is 853. The molecule has 0 saturated carbocycles. The topological polar surface area (TPSA) is 90.7 Å². The van der Waals surface area contributed by atoms with Crippen LogP contribution >= 0.6 is 0 Å². The van der Waals surface area contributed by atoms with Crippen LogP contribution in [-0.4, -0.2) is 53.3 Å². The maximum atomic E-state index is 14.0. The van der Waals surface area contributed by atoms with E-state index in [-0.39, 0.29) is 43.3 Å². The largest absolute Gasteiger partial charge is 0.467 e. The lowest BCUT2D eigenvalue weighted by Gasteiger charge is -2.32. The third-order valence-electron chi connectivity index (χ3n) is 5.21. The molecule has 1 heterocycles. The summed E-state index contributed by atoms with van der Waals surface area (Å²) in [4.78, 5) is 40.0. The first-order valence-corrected chi connectivity index (χ1v) is 9.67. The normalized spacial score (nSPS) is 17.0. The van der Waals surface area contributed by atoms with E-state index in [2.05, 4.69) is 0 Å². The molecule has 0 bridgehead atoms. The number of hydrogen-bond donors (Lipinski definition) is 0. The van der Waals surface area contributed by atoms with Crippen LogP contribution in [-0.2, 0) is 25.7 Å². The van der Waals surface area contributed by atoms with Crippen LogP contribution in [0.2, 0.25) is 0 Å². The molecule has 1 aliphatic heterocycles. The Morgan fingerprint density at radius 2 is 2.07 bits per heavy atom. The van der Waals surface area contributed by atoms with Crippen LogP contribution in [0.1, 0.15) is 38.7 Å². The summed E-state index contributed by atoms with van der Waals surface area (Å²) in [7, 11) is 1.21. The minimum Gasteiger partial charge on any atom is -0.467 e. The van der Waals surface area contributed by atoms with E-state index < -0.39 is 35.6 Å². The summed E-state index contributed by atoms with van der Waals surface area (Å²) in [5, 5.41) is 9.14. The van der Waals surface area contributed by atoms with E-state index in [4.69, 9.17) is 10.00 Å². The summed E-state index contributed by atoms with van der Waals surface area (Å²) in [6, 6.07) is 4.14. The molecule has 162 valence electrons. The number of nitrogens with zero attached hydrogens (tertiary/aromatic N) is 3. The van der Waals surface area contributed by atoms with Crippen LogP contribution in [0.25, 0.3) is 0 Å². The van der Waals surface area contributed by atoms with E-state index in [9.17, 15) is 23.2 Å². The first-order chi connectivity index (χ1) is 14.2. The fourth-order valence-corrected chi connectivity index (χ4v) is 3.69. The number of benzene rings is 1. The predicted molar refractivity (Wildman–Crippen MR) is 103 cm³/mol. The molecule has 1 saturated heterocycles. The average molecular weight is 421 g/mol. The van der Waals surface area contributed by atoms with Crippen LogP contribution in [0, 0.1) is 28.9 Å². The maximum Gasteiger partial charge on any atom is 0.328 e. The molecule has 0 radical (unpaired) electrons. The minimum atomic E-state index is -1.03. The molecule has 1 aliphatic rings. The Morgan fingerprint density at radius 3 is 2.67 bits per heavy atom. The highest BCUT2D eigenvalue weighted by Crippen LogP contribution is 2.26. The van der Waals surface area contributed by atoms with Crippen LogP contribution in [0.5, 0.6) is 0 Å². The van der Waals surface area contributed by atoms with E-state index in [0.29, 0.717) is 6.42 Å². The van der Waals surface area contributed by atoms with Gasteiger partial charge in [-0.15, -0.1) is 0 Å². The van der Waals surface area contributed by atoms with Gasteiger partial charge in [0.1, 0.15) is 12.6 Å². The molecule has 2 amide bonds. The van der Waals surface area contributed by atoms with Gasteiger partial charge in [0.05, 0.1) is 13.2 Å². The molecule has 1 fully saturated rings. The zero-order valence-corrected chi connectivity index (χ0v) is 17.2. The van der Waals surface area contributed by atoms with Crippen molar-refractivity contribution in [1.29, 1.82) is 5.26 Å². The minimum absolute atomic E-state index is 0.0196. The standard InChI is InChI=1S/C21H25F2N3O4/c1-13(2)20(21(29)30-3)25(10-9-24)18(28)11-15-7-8-17(27)26(15)12-14-5-4-6-16(22)19(14)23/h4-6,13,15,20H,7-8,10-12H2,1-3H3/t15-,20-/m0/s1. The lowest BCUT2D eigenvalue weighted by atomic mass is 10.0. The number of esters is 1. The van der Waals surface area contributed by atoms with Crippen molar-refractivity contribution in [2.45, 2.75) is 51.7 Å². The highest BCUT2D eigenvalue weighted by Gasteiger charge is 2.38. The van der Waals surface area contributed by atoms with E-state index in [1.165, 1.54) is 24.1 Å². The molecule has 2 rings (SSSR count). The summed E-state index contributed by atoms with van der Waals surface area (Å²) in [5.41, 5.74) is 0.0196. The van der Waals surface area contributed by atoms with Crippen LogP contribution < -0.4 is 0 Å². The first-order valence-electron chi connectivity index (χ1n) is 9.67. The summed E-state index contributed by atoms with van der Waals surface area (Å²) >= 11 is 0.